The molecular weight excluding hydrogens is 236 g/mol. The molecule has 0 N–H and O–H groups in total. The highest BCUT2D eigenvalue weighted by molar-refractivity contribution is 5.97. The number of ether oxygens (including phenoxy) is 2. The first-order valence-corrected chi connectivity index (χ1v) is 5.85. The van der Waals surface area contributed by atoms with Crippen LogP contribution in [0.3, 0.4) is 0 Å². The van der Waals surface area contributed by atoms with Crippen LogP contribution in [0.2, 0.25) is 0 Å². The van der Waals surface area contributed by atoms with Gasteiger partial charge in [0.1, 0.15) is 17.5 Å². The van der Waals surface area contributed by atoms with Crippen LogP contribution in [0, 0.1) is 5.92 Å². The van der Waals surface area contributed by atoms with E-state index in [4.69, 9.17) is 9.47 Å². The molecule has 0 aliphatic heterocycles. The number of carbonyl (C=O) groups excluding carboxylic acids is 3. The number of hydrogen-bond acceptors (Lipinski definition) is 5. The van der Waals surface area contributed by atoms with Crippen molar-refractivity contribution in [3.05, 3.63) is 0 Å². The molecule has 5 nitrogen and oxygen atoms in total. The van der Waals surface area contributed by atoms with E-state index in [1.165, 1.54) is 0 Å². The van der Waals surface area contributed by atoms with Gasteiger partial charge < -0.3 is 14.3 Å². The molecule has 0 heterocycles. The SMILES string of the molecule is CC(C)(C)OC(=O)C(CC=O)C(=O)OC(C)(C)C. The molecule has 18 heavy (non-hydrogen) atoms. The van der Waals surface area contributed by atoms with Gasteiger partial charge in [0, 0.05) is 6.42 Å². The van der Waals surface area contributed by atoms with Gasteiger partial charge in [-0.1, -0.05) is 0 Å². The Morgan fingerprint density at radius 1 is 0.944 bits per heavy atom. The lowest BCUT2D eigenvalue weighted by Gasteiger charge is -2.25. The zero-order valence-corrected chi connectivity index (χ0v) is 11.9. The van der Waals surface area contributed by atoms with E-state index in [1.807, 2.05) is 0 Å². The summed E-state index contributed by atoms with van der Waals surface area (Å²) in [6.07, 6.45) is 0.280. The maximum absolute atomic E-state index is 11.8. The number of aldehydes is 1. The third-order valence-corrected chi connectivity index (χ3v) is 1.71. The second-order valence-electron chi connectivity index (χ2n) is 6.02. The van der Waals surface area contributed by atoms with Gasteiger partial charge in [0.2, 0.25) is 0 Å². The van der Waals surface area contributed by atoms with Crippen LogP contribution in [0.15, 0.2) is 0 Å². The molecule has 0 spiro atoms. The quantitative estimate of drug-likeness (QED) is 0.437. The van der Waals surface area contributed by atoms with Gasteiger partial charge in [-0.2, -0.15) is 0 Å². The summed E-state index contributed by atoms with van der Waals surface area (Å²) in [5.41, 5.74) is -1.42. The van der Waals surface area contributed by atoms with Gasteiger partial charge in [0.05, 0.1) is 0 Å². The maximum Gasteiger partial charge on any atom is 0.321 e. The van der Waals surface area contributed by atoms with Gasteiger partial charge in [0.15, 0.2) is 5.92 Å². The predicted octanol–water partition coefficient (Wildman–Crippen LogP) is 1.87. The van der Waals surface area contributed by atoms with Gasteiger partial charge in [-0.05, 0) is 41.5 Å². The summed E-state index contributed by atoms with van der Waals surface area (Å²) in [6, 6.07) is 0. The topological polar surface area (TPSA) is 69.7 Å². The molecular formula is C13H22O5. The fraction of sp³-hybridized carbons (Fsp3) is 0.769. The Bertz CT molecular complexity index is 291. The minimum atomic E-state index is -1.19. The zero-order valence-electron chi connectivity index (χ0n) is 11.9. The standard InChI is InChI=1S/C13H22O5/c1-12(2,3)17-10(15)9(7-8-14)11(16)18-13(4,5)6/h8-9H,7H2,1-6H3. The van der Waals surface area contributed by atoms with Crippen molar-refractivity contribution in [2.75, 3.05) is 0 Å². The lowest BCUT2D eigenvalue weighted by molar-refractivity contribution is -0.175. The summed E-state index contributed by atoms with van der Waals surface area (Å²) in [5.74, 6) is -2.66. The molecule has 0 atom stereocenters. The van der Waals surface area contributed by atoms with Crippen molar-refractivity contribution in [2.45, 2.75) is 59.2 Å². The van der Waals surface area contributed by atoms with Gasteiger partial charge in [-0.25, -0.2) is 0 Å². The second kappa shape index (κ2) is 5.98. The summed E-state index contributed by atoms with van der Waals surface area (Å²) in [7, 11) is 0. The highest BCUT2D eigenvalue weighted by atomic mass is 16.6. The molecule has 0 unspecified atom stereocenters. The highest BCUT2D eigenvalue weighted by Gasteiger charge is 2.34. The minimum absolute atomic E-state index is 0.232. The van der Waals surface area contributed by atoms with E-state index < -0.39 is 29.1 Å². The number of hydrogen-bond donors (Lipinski definition) is 0. The van der Waals surface area contributed by atoms with Crippen LogP contribution in [0.5, 0.6) is 0 Å². The minimum Gasteiger partial charge on any atom is -0.459 e. The van der Waals surface area contributed by atoms with E-state index in [0.717, 1.165) is 0 Å². The van der Waals surface area contributed by atoms with E-state index in [-0.39, 0.29) is 6.42 Å². The molecule has 0 aromatic carbocycles. The molecule has 0 saturated carbocycles. The Kier molecular flexibility index (Phi) is 5.52. The van der Waals surface area contributed by atoms with Gasteiger partial charge in [-0.3, -0.25) is 9.59 Å². The van der Waals surface area contributed by atoms with E-state index in [1.54, 1.807) is 41.5 Å². The number of rotatable bonds is 4. The smallest absolute Gasteiger partial charge is 0.321 e. The maximum atomic E-state index is 11.8. The Labute approximate surface area is 108 Å². The van der Waals surface area contributed by atoms with E-state index in [0.29, 0.717) is 6.29 Å². The molecule has 0 aliphatic rings. The van der Waals surface area contributed by atoms with Gasteiger partial charge >= 0.3 is 11.9 Å². The van der Waals surface area contributed by atoms with Crippen LogP contribution < -0.4 is 0 Å². The molecule has 0 aliphatic carbocycles. The van der Waals surface area contributed by atoms with Crippen LogP contribution in [-0.4, -0.2) is 29.4 Å². The summed E-state index contributed by atoms with van der Waals surface area (Å²) in [6.45, 7) is 10.2. The van der Waals surface area contributed by atoms with Crippen LogP contribution in [0.4, 0.5) is 0 Å². The summed E-state index contributed by atoms with van der Waals surface area (Å²) >= 11 is 0. The number of esters is 2. The fourth-order valence-electron chi connectivity index (χ4n) is 1.13. The van der Waals surface area contributed by atoms with Crippen molar-refractivity contribution in [1.29, 1.82) is 0 Å². The average Bonchev–Trinajstić information content (AvgIpc) is 2.07. The Hall–Kier alpha value is -1.39. The zero-order chi connectivity index (χ0) is 14.6. The molecule has 0 aromatic heterocycles. The van der Waals surface area contributed by atoms with E-state index in [2.05, 4.69) is 0 Å². The normalized spacial score (nSPS) is 12.2. The molecule has 5 heteroatoms. The Morgan fingerprint density at radius 2 is 1.28 bits per heavy atom. The first-order valence-electron chi connectivity index (χ1n) is 5.85. The van der Waals surface area contributed by atoms with Crippen molar-refractivity contribution in [3.8, 4) is 0 Å². The van der Waals surface area contributed by atoms with Crippen molar-refractivity contribution in [2.24, 2.45) is 5.92 Å². The largest absolute Gasteiger partial charge is 0.459 e. The first kappa shape index (κ1) is 16.6. The average molecular weight is 258 g/mol. The third kappa shape index (κ3) is 7.04. The molecule has 0 amide bonds. The van der Waals surface area contributed by atoms with Crippen LogP contribution >= 0.6 is 0 Å². The fourth-order valence-corrected chi connectivity index (χ4v) is 1.13. The molecule has 0 aromatic rings. The third-order valence-electron chi connectivity index (χ3n) is 1.71. The lowest BCUT2D eigenvalue weighted by Crippen LogP contribution is -2.37. The summed E-state index contributed by atoms with van der Waals surface area (Å²) < 4.78 is 10.2. The summed E-state index contributed by atoms with van der Waals surface area (Å²) in [4.78, 5) is 34.1. The molecule has 0 fully saturated rings. The second-order valence-corrected chi connectivity index (χ2v) is 6.02. The monoisotopic (exact) mass is 258 g/mol. The lowest BCUT2D eigenvalue weighted by atomic mass is 10.1. The van der Waals surface area contributed by atoms with Crippen LogP contribution in [0.25, 0.3) is 0 Å². The van der Waals surface area contributed by atoms with Crippen molar-refractivity contribution in [1.82, 2.24) is 0 Å². The summed E-state index contributed by atoms with van der Waals surface area (Å²) in [5, 5.41) is 0. The Morgan fingerprint density at radius 3 is 1.50 bits per heavy atom. The highest BCUT2D eigenvalue weighted by Crippen LogP contribution is 2.17. The Balaban J connectivity index is 4.80. The van der Waals surface area contributed by atoms with Crippen LogP contribution in [0.1, 0.15) is 48.0 Å². The van der Waals surface area contributed by atoms with Crippen LogP contribution in [-0.2, 0) is 23.9 Å². The first-order chi connectivity index (χ1) is 7.96. The number of carbonyl (C=O) groups is 3. The van der Waals surface area contributed by atoms with Gasteiger partial charge in [-0.15, -0.1) is 0 Å². The molecule has 0 saturated heterocycles. The van der Waals surface area contributed by atoms with E-state index >= 15 is 0 Å². The van der Waals surface area contributed by atoms with Crippen molar-refractivity contribution >= 4 is 18.2 Å². The van der Waals surface area contributed by atoms with Crippen molar-refractivity contribution in [3.63, 3.8) is 0 Å². The molecule has 0 bridgehead atoms. The molecule has 0 rings (SSSR count). The van der Waals surface area contributed by atoms with E-state index in [9.17, 15) is 14.4 Å². The van der Waals surface area contributed by atoms with Gasteiger partial charge in [0.25, 0.3) is 0 Å². The molecule has 104 valence electrons. The molecule has 0 radical (unpaired) electrons. The predicted molar refractivity (Wildman–Crippen MR) is 65.9 cm³/mol. The van der Waals surface area contributed by atoms with Crippen molar-refractivity contribution < 1.29 is 23.9 Å².